The van der Waals surface area contributed by atoms with Crippen LogP contribution in [0.15, 0.2) is 41.6 Å². The molecule has 1 aromatic carbocycles. The topological polar surface area (TPSA) is 35.6 Å². The van der Waals surface area contributed by atoms with Gasteiger partial charge in [0, 0.05) is 37.9 Å². The van der Waals surface area contributed by atoms with Gasteiger partial charge in [-0.15, -0.1) is 0 Å². The number of amides is 1. The van der Waals surface area contributed by atoms with Crippen LogP contribution >= 0.6 is 0 Å². The van der Waals surface area contributed by atoms with Crippen LogP contribution in [0.2, 0.25) is 0 Å². The number of benzene rings is 1. The van der Waals surface area contributed by atoms with Crippen molar-refractivity contribution in [1.82, 2.24) is 15.1 Å². The Labute approximate surface area is 176 Å². The highest BCUT2D eigenvalue weighted by atomic mass is 16.2. The van der Waals surface area contributed by atoms with Crippen molar-refractivity contribution >= 4 is 5.91 Å². The Morgan fingerprint density at radius 2 is 1.83 bits per heavy atom. The minimum atomic E-state index is -0.307. The lowest BCUT2D eigenvalue weighted by Gasteiger charge is -2.37. The summed E-state index contributed by atoms with van der Waals surface area (Å²) in [4.78, 5) is 18.5. The second-order valence-corrected chi connectivity index (χ2v) is 9.99. The molecule has 0 saturated heterocycles. The number of hydrogen-bond donors (Lipinski definition) is 1. The van der Waals surface area contributed by atoms with Gasteiger partial charge in [0.15, 0.2) is 0 Å². The fraction of sp³-hybridized carbons (Fsp3) is 0.640. The Kier molecular flexibility index (Phi) is 5.74. The number of carbonyl (C=O) groups excluding carboxylic acids is 1. The van der Waals surface area contributed by atoms with Gasteiger partial charge in [0.05, 0.1) is 11.1 Å². The van der Waals surface area contributed by atoms with Gasteiger partial charge in [-0.2, -0.15) is 0 Å². The molecule has 158 valence electrons. The third-order valence-electron chi connectivity index (χ3n) is 7.20. The van der Waals surface area contributed by atoms with E-state index in [0.717, 1.165) is 36.8 Å². The summed E-state index contributed by atoms with van der Waals surface area (Å²) in [6, 6.07) is 10.6. The lowest BCUT2D eigenvalue weighted by Crippen LogP contribution is -2.49. The molecule has 1 saturated carbocycles. The summed E-state index contributed by atoms with van der Waals surface area (Å²) < 4.78 is 0. The van der Waals surface area contributed by atoms with Crippen molar-refractivity contribution in [2.75, 3.05) is 19.6 Å². The van der Waals surface area contributed by atoms with Crippen LogP contribution in [-0.4, -0.2) is 46.9 Å². The van der Waals surface area contributed by atoms with E-state index in [9.17, 15) is 4.79 Å². The molecule has 2 aliphatic heterocycles. The highest BCUT2D eigenvalue weighted by molar-refractivity contribution is 5.99. The van der Waals surface area contributed by atoms with Gasteiger partial charge in [-0.25, -0.2) is 0 Å². The lowest BCUT2D eigenvalue weighted by atomic mass is 9.90. The minimum Gasteiger partial charge on any atom is -0.385 e. The summed E-state index contributed by atoms with van der Waals surface area (Å²) in [5, 5.41) is 3.70. The van der Waals surface area contributed by atoms with E-state index in [2.05, 4.69) is 67.1 Å². The zero-order valence-corrected chi connectivity index (χ0v) is 18.6. The van der Waals surface area contributed by atoms with E-state index in [4.69, 9.17) is 0 Å². The summed E-state index contributed by atoms with van der Waals surface area (Å²) in [5.41, 5.74) is 3.07. The molecule has 4 nitrogen and oxygen atoms in total. The van der Waals surface area contributed by atoms with Crippen LogP contribution in [0.5, 0.6) is 0 Å². The second-order valence-electron chi connectivity index (χ2n) is 9.99. The molecule has 1 aliphatic carbocycles. The maximum atomic E-state index is 13.8. The van der Waals surface area contributed by atoms with Gasteiger partial charge in [-0.05, 0) is 44.1 Å². The Morgan fingerprint density at radius 1 is 1.14 bits per heavy atom. The SMILES string of the molecule is CC(C)C1C2=C(NCCN1CC1CCCC1)C(C)(C)N(Cc1ccccc1)C2=O. The van der Waals surface area contributed by atoms with Crippen molar-refractivity contribution < 1.29 is 4.79 Å². The first-order chi connectivity index (χ1) is 13.9. The van der Waals surface area contributed by atoms with Crippen LogP contribution in [-0.2, 0) is 11.3 Å². The molecule has 1 amide bonds. The highest BCUT2D eigenvalue weighted by Crippen LogP contribution is 2.41. The van der Waals surface area contributed by atoms with Gasteiger partial charge in [0.2, 0.25) is 0 Å². The number of nitrogens with one attached hydrogen (secondary N) is 1. The maximum absolute atomic E-state index is 13.8. The molecule has 1 N–H and O–H groups in total. The second kappa shape index (κ2) is 8.14. The predicted molar refractivity (Wildman–Crippen MR) is 118 cm³/mol. The van der Waals surface area contributed by atoms with E-state index in [1.165, 1.54) is 31.2 Å². The zero-order valence-electron chi connectivity index (χ0n) is 18.6. The van der Waals surface area contributed by atoms with Gasteiger partial charge >= 0.3 is 0 Å². The molecule has 0 aromatic heterocycles. The maximum Gasteiger partial charge on any atom is 0.254 e. The number of hydrogen-bond acceptors (Lipinski definition) is 3. The molecule has 3 aliphatic rings. The van der Waals surface area contributed by atoms with Gasteiger partial charge in [0.25, 0.3) is 5.91 Å². The van der Waals surface area contributed by atoms with Crippen LogP contribution < -0.4 is 5.32 Å². The molecular formula is C25H37N3O. The molecule has 29 heavy (non-hydrogen) atoms. The van der Waals surface area contributed by atoms with Crippen molar-refractivity contribution in [1.29, 1.82) is 0 Å². The summed E-state index contributed by atoms with van der Waals surface area (Å²) in [7, 11) is 0. The summed E-state index contributed by atoms with van der Waals surface area (Å²) in [6.07, 6.45) is 5.43. The Bertz CT molecular complexity index is 762. The first kappa shape index (κ1) is 20.5. The molecule has 1 aromatic rings. The molecule has 4 heteroatoms. The monoisotopic (exact) mass is 395 g/mol. The van der Waals surface area contributed by atoms with E-state index in [1.54, 1.807) is 0 Å². The molecule has 1 fully saturated rings. The van der Waals surface area contributed by atoms with Crippen LogP contribution in [0.1, 0.15) is 58.9 Å². The van der Waals surface area contributed by atoms with Crippen LogP contribution in [0.25, 0.3) is 0 Å². The van der Waals surface area contributed by atoms with Crippen molar-refractivity contribution in [2.45, 2.75) is 71.5 Å². The van der Waals surface area contributed by atoms with Crippen LogP contribution in [0.3, 0.4) is 0 Å². The predicted octanol–water partition coefficient (Wildman–Crippen LogP) is 4.18. The third kappa shape index (κ3) is 3.84. The smallest absolute Gasteiger partial charge is 0.254 e. The number of nitrogens with zero attached hydrogens (tertiary/aromatic N) is 2. The molecule has 0 bridgehead atoms. The van der Waals surface area contributed by atoms with E-state index in [-0.39, 0.29) is 17.5 Å². The van der Waals surface area contributed by atoms with Gasteiger partial charge in [-0.3, -0.25) is 9.69 Å². The standard InChI is InChI=1S/C25H37N3O/c1-18(2)22-21-23(26-14-15-27(22)16-19-12-8-9-13-19)25(3,4)28(24(21)29)17-20-10-6-5-7-11-20/h5-7,10-11,18-19,22,26H,8-9,12-17H2,1-4H3. The third-order valence-corrected chi connectivity index (χ3v) is 7.20. The first-order valence-electron chi connectivity index (χ1n) is 11.5. The van der Waals surface area contributed by atoms with E-state index in [1.807, 2.05) is 6.07 Å². The van der Waals surface area contributed by atoms with Crippen molar-refractivity contribution in [2.24, 2.45) is 11.8 Å². The zero-order chi connectivity index (χ0) is 20.6. The lowest BCUT2D eigenvalue weighted by molar-refractivity contribution is -0.130. The number of rotatable bonds is 5. The summed E-state index contributed by atoms with van der Waals surface area (Å²) >= 11 is 0. The van der Waals surface area contributed by atoms with E-state index in [0.29, 0.717) is 12.5 Å². The molecular weight excluding hydrogens is 358 g/mol. The van der Waals surface area contributed by atoms with E-state index < -0.39 is 0 Å². The Morgan fingerprint density at radius 3 is 2.48 bits per heavy atom. The summed E-state index contributed by atoms with van der Waals surface area (Å²) in [6.45, 7) is 12.7. The fourth-order valence-corrected chi connectivity index (χ4v) is 5.72. The molecule has 2 heterocycles. The molecule has 4 rings (SSSR count). The molecule has 0 spiro atoms. The van der Waals surface area contributed by atoms with Gasteiger partial charge in [-0.1, -0.05) is 57.0 Å². The van der Waals surface area contributed by atoms with Crippen LogP contribution in [0, 0.1) is 11.8 Å². The van der Waals surface area contributed by atoms with Gasteiger partial charge < -0.3 is 10.2 Å². The summed E-state index contributed by atoms with van der Waals surface area (Å²) in [5.74, 6) is 1.43. The molecule has 0 radical (unpaired) electrons. The quantitative estimate of drug-likeness (QED) is 0.812. The number of carbonyl (C=O) groups is 1. The molecule has 1 atom stereocenters. The Hall–Kier alpha value is -1.81. The highest BCUT2D eigenvalue weighted by Gasteiger charge is 2.50. The van der Waals surface area contributed by atoms with Crippen LogP contribution in [0.4, 0.5) is 0 Å². The first-order valence-corrected chi connectivity index (χ1v) is 11.5. The largest absolute Gasteiger partial charge is 0.385 e. The Balaban J connectivity index is 1.65. The average molecular weight is 396 g/mol. The molecule has 1 unspecified atom stereocenters. The minimum absolute atomic E-state index is 0.202. The van der Waals surface area contributed by atoms with E-state index >= 15 is 0 Å². The normalized spacial score (nSPS) is 25.5. The van der Waals surface area contributed by atoms with Crippen molar-refractivity contribution in [3.63, 3.8) is 0 Å². The van der Waals surface area contributed by atoms with Crippen molar-refractivity contribution in [3.8, 4) is 0 Å². The fourth-order valence-electron chi connectivity index (χ4n) is 5.72. The van der Waals surface area contributed by atoms with Crippen molar-refractivity contribution in [3.05, 3.63) is 47.2 Å². The van der Waals surface area contributed by atoms with Gasteiger partial charge in [0.1, 0.15) is 0 Å². The average Bonchev–Trinajstić information content (AvgIpc) is 3.18.